The number of ether oxygens (including phenoxy) is 1. The fourth-order valence-corrected chi connectivity index (χ4v) is 5.82. The average Bonchev–Trinajstić information content (AvgIpc) is 2.67. The van der Waals surface area contributed by atoms with Crippen LogP contribution in [0.25, 0.3) is 0 Å². The van der Waals surface area contributed by atoms with Crippen molar-refractivity contribution in [3.63, 3.8) is 0 Å². The van der Waals surface area contributed by atoms with Crippen LogP contribution >= 0.6 is 11.8 Å². The highest BCUT2D eigenvalue weighted by atomic mass is 32.2. The van der Waals surface area contributed by atoms with Crippen LogP contribution < -0.4 is 4.72 Å². The lowest BCUT2D eigenvalue weighted by molar-refractivity contribution is -0.137. The van der Waals surface area contributed by atoms with Crippen molar-refractivity contribution in [2.45, 2.75) is 30.3 Å². The zero-order chi connectivity index (χ0) is 20.3. The molecule has 0 aliphatic carbocycles. The maximum atomic E-state index is 12.7. The summed E-state index contributed by atoms with van der Waals surface area (Å²) < 4.78 is 71.3. The summed E-state index contributed by atoms with van der Waals surface area (Å²) in [5, 5.41) is 0. The Bertz CT molecular complexity index is 742. The predicted octanol–water partition coefficient (Wildman–Crippen LogP) is 2.72. The van der Waals surface area contributed by atoms with Gasteiger partial charge < -0.3 is 4.74 Å². The summed E-state index contributed by atoms with van der Waals surface area (Å²) in [5.74, 6) is 1.72. The van der Waals surface area contributed by atoms with Gasteiger partial charge in [-0.15, -0.1) is 0 Å². The zero-order valence-corrected chi connectivity index (χ0v) is 17.1. The molecule has 1 N–H and O–H groups in total. The monoisotopic (exact) mass is 438 g/mol. The van der Waals surface area contributed by atoms with E-state index in [-0.39, 0.29) is 11.3 Å². The molecular formula is C18H25F3N2O3S2. The van der Waals surface area contributed by atoms with Crippen LogP contribution in [0.1, 0.15) is 24.0 Å². The molecule has 1 aromatic rings. The summed E-state index contributed by atoms with van der Waals surface area (Å²) in [6.07, 6.45) is -2.90. The number of nitrogens with zero attached hydrogens (tertiary/aromatic N) is 1. The van der Waals surface area contributed by atoms with Gasteiger partial charge in [-0.25, -0.2) is 13.1 Å². The Labute approximate surface area is 168 Å². The van der Waals surface area contributed by atoms with Gasteiger partial charge in [0.25, 0.3) is 0 Å². The predicted molar refractivity (Wildman–Crippen MR) is 104 cm³/mol. The Balaban J connectivity index is 1.65. The minimum absolute atomic E-state index is 0.257. The van der Waals surface area contributed by atoms with Crippen molar-refractivity contribution >= 4 is 21.8 Å². The van der Waals surface area contributed by atoms with Crippen molar-refractivity contribution in [2.24, 2.45) is 0 Å². The van der Waals surface area contributed by atoms with E-state index in [0.29, 0.717) is 25.3 Å². The van der Waals surface area contributed by atoms with Crippen LogP contribution in [0.2, 0.25) is 0 Å². The summed E-state index contributed by atoms with van der Waals surface area (Å²) >= 11 is 1.90. The van der Waals surface area contributed by atoms with Gasteiger partial charge in [0.05, 0.1) is 11.3 Å². The van der Waals surface area contributed by atoms with E-state index >= 15 is 0 Å². The minimum Gasteiger partial charge on any atom is -0.381 e. The number of sulfonamides is 1. The topological polar surface area (TPSA) is 58.6 Å². The summed E-state index contributed by atoms with van der Waals surface area (Å²) in [5.41, 5.74) is -0.714. The highest BCUT2D eigenvalue weighted by Gasteiger charge is 2.39. The summed E-state index contributed by atoms with van der Waals surface area (Å²) in [6.45, 7) is 3.34. The average molecular weight is 439 g/mol. The third-order valence-electron chi connectivity index (χ3n) is 5.36. The first-order chi connectivity index (χ1) is 13.2. The number of halogens is 3. The molecule has 0 bridgehead atoms. The van der Waals surface area contributed by atoms with Gasteiger partial charge in [0.1, 0.15) is 0 Å². The normalized spacial score (nSPS) is 21.5. The molecule has 0 radical (unpaired) electrons. The second-order valence-corrected chi connectivity index (χ2v) is 10.2. The van der Waals surface area contributed by atoms with Gasteiger partial charge in [-0.05, 0) is 30.5 Å². The summed E-state index contributed by atoms with van der Waals surface area (Å²) in [7, 11) is -3.66. The molecule has 1 aromatic carbocycles. The van der Waals surface area contributed by atoms with Gasteiger partial charge in [-0.3, -0.25) is 4.90 Å². The molecule has 2 fully saturated rings. The molecule has 2 aliphatic heterocycles. The lowest BCUT2D eigenvalue weighted by Gasteiger charge is -2.48. The number of thioether (sulfide) groups is 1. The van der Waals surface area contributed by atoms with Crippen molar-refractivity contribution in [3.8, 4) is 0 Å². The Hall–Kier alpha value is -0.810. The molecule has 2 heterocycles. The molecule has 0 amide bonds. The molecule has 3 rings (SSSR count). The van der Waals surface area contributed by atoms with Gasteiger partial charge >= 0.3 is 6.18 Å². The molecule has 2 aliphatic rings. The number of alkyl halides is 3. The smallest absolute Gasteiger partial charge is 0.381 e. The Morgan fingerprint density at radius 1 is 1.11 bits per heavy atom. The molecule has 0 unspecified atom stereocenters. The van der Waals surface area contributed by atoms with Gasteiger partial charge in [-0.1, -0.05) is 12.1 Å². The molecule has 2 saturated heterocycles. The lowest BCUT2D eigenvalue weighted by Crippen LogP contribution is -2.60. The lowest BCUT2D eigenvalue weighted by atomic mass is 9.88. The van der Waals surface area contributed by atoms with Crippen LogP contribution in [0.5, 0.6) is 0 Å². The molecule has 28 heavy (non-hydrogen) atoms. The minimum atomic E-state index is -4.43. The third kappa shape index (κ3) is 5.63. The van der Waals surface area contributed by atoms with Crippen LogP contribution in [0.15, 0.2) is 24.3 Å². The van der Waals surface area contributed by atoms with Crippen molar-refractivity contribution in [3.05, 3.63) is 35.4 Å². The van der Waals surface area contributed by atoms with Crippen LogP contribution in [-0.2, 0) is 26.7 Å². The maximum Gasteiger partial charge on any atom is 0.416 e. The zero-order valence-electron chi connectivity index (χ0n) is 15.5. The van der Waals surface area contributed by atoms with E-state index in [1.165, 1.54) is 12.1 Å². The van der Waals surface area contributed by atoms with E-state index in [9.17, 15) is 21.6 Å². The first-order valence-corrected chi connectivity index (χ1v) is 12.0. The second kappa shape index (κ2) is 8.91. The maximum absolute atomic E-state index is 12.7. The van der Waals surface area contributed by atoms with E-state index in [4.69, 9.17) is 4.74 Å². The molecule has 0 aromatic heterocycles. The van der Waals surface area contributed by atoms with Crippen LogP contribution in [0, 0.1) is 0 Å². The molecule has 5 nitrogen and oxygen atoms in total. The van der Waals surface area contributed by atoms with E-state index in [2.05, 4.69) is 9.62 Å². The van der Waals surface area contributed by atoms with Crippen molar-refractivity contribution in [1.82, 2.24) is 9.62 Å². The van der Waals surface area contributed by atoms with E-state index in [0.717, 1.165) is 49.6 Å². The number of rotatable bonds is 6. The van der Waals surface area contributed by atoms with E-state index in [1.807, 2.05) is 11.8 Å². The number of nitrogens with one attached hydrogen (secondary N) is 1. The van der Waals surface area contributed by atoms with Crippen molar-refractivity contribution < 1.29 is 26.3 Å². The number of benzene rings is 1. The summed E-state index contributed by atoms with van der Waals surface area (Å²) in [6, 6.07) is 4.26. The molecule has 158 valence electrons. The molecule has 0 saturated carbocycles. The molecule has 0 spiro atoms. The molecule has 0 atom stereocenters. The van der Waals surface area contributed by atoms with Gasteiger partial charge in [0.2, 0.25) is 10.0 Å². The number of hydrogen-bond donors (Lipinski definition) is 1. The van der Waals surface area contributed by atoms with E-state index in [1.54, 1.807) is 0 Å². The third-order valence-corrected chi connectivity index (χ3v) is 7.60. The Kier molecular flexibility index (Phi) is 6.96. The highest BCUT2D eigenvalue weighted by molar-refractivity contribution is 7.99. The first-order valence-electron chi connectivity index (χ1n) is 9.24. The quantitative estimate of drug-likeness (QED) is 0.740. The van der Waals surface area contributed by atoms with Gasteiger partial charge in [0.15, 0.2) is 0 Å². The second-order valence-electron chi connectivity index (χ2n) is 7.21. The fraction of sp³-hybridized carbons (Fsp3) is 0.667. The fourth-order valence-electron chi connectivity index (χ4n) is 3.70. The van der Waals surface area contributed by atoms with Gasteiger partial charge in [0, 0.05) is 49.9 Å². The van der Waals surface area contributed by atoms with Crippen molar-refractivity contribution in [1.29, 1.82) is 0 Å². The van der Waals surface area contributed by atoms with Crippen molar-refractivity contribution in [2.75, 3.05) is 44.4 Å². The largest absolute Gasteiger partial charge is 0.416 e. The Morgan fingerprint density at radius 3 is 2.29 bits per heavy atom. The molecular weight excluding hydrogens is 413 g/mol. The Morgan fingerprint density at radius 2 is 1.71 bits per heavy atom. The molecule has 10 heteroatoms. The first kappa shape index (κ1) is 21.9. The van der Waals surface area contributed by atoms with Crippen LogP contribution in [0.3, 0.4) is 0 Å². The van der Waals surface area contributed by atoms with Crippen LogP contribution in [-0.4, -0.2) is 63.2 Å². The standard InChI is InChI=1S/C18H25F3N2O3S2/c19-18(20,21)16-3-1-15(2-4-16)13-28(24,25)22-14-17(5-9-26-10-6-17)23-7-11-27-12-8-23/h1-4,22H,5-14H2. The van der Waals surface area contributed by atoms with E-state index < -0.39 is 21.8 Å². The summed E-state index contributed by atoms with van der Waals surface area (Å²) in [4.78, 5) is 2.37. The SMILES string of the molecule is O=S(=O)(Cc1ccc(C(F)(F)F)cc1)NCC1(N2CCSCC2)CCOCC1. The van der Waals surface area contributed by atoms with Crippen LogP contribution in [0.4, 0.5) is 13.2 Å². The van der Waals surface area contributed by atoms with Gasteiger partial charge in [-0.2, -0.15) is 24.9 Å². The highest BCUT2D eigenvalue weighted by Crippen LogP contribution is 2.31. The number of hydrogen-bond acceptors (Lipinski definition) is 5.